The zero-order valence-corrected chi connectivity index (χ0v) is 10.9. The molecule has 102 valence electrons. The van der Waals surface area contributed by atoms with Crippen LogP contribution in [-0.4, -0.2) is 56.5 Å². The van der Waals surface area contributed by atoms with E-state index in [4.69, 9.17) is 4.74 Å². The Kier molecular flexibility index (Phi) is 4.56. The van der Waals surface area contributed by atoms with Gasteiger partial charge in [0.1, 0.15) is 12.7 Å². The molecule has 0 unspecified atom stereocenters. The van der Waals surface area contributed by atoms with E-state index < -0.39 is 0 Å². The van der Waals surface area contributed by atoms with Gasteiger partial charge in [-0.3, -0.25) is 0 Å². The van der Waals surface area contributed by atoms with E-state index in [1.807, 2.05) is 6.92 Å². The molecule has 0 aliphatic rings. The molecule has 19 heavy (non-hydrogen) atoms. The number of nitrogens with zero attached hydrogens (tertiary/aromatic N) is 6. The standard InChI is InChI=1S/C10H16N8O/c1-3-12-8-15-9(13-4-5-19-2)17-10(16-8)18-7-11-6-14-18/h6-7H,3-5H2,1-2H3,(H2,12,13,15,16,17). The second-order valence-corrected chi connectivity index (χ2v) is 3.57. The van der Waals surface area contributed by atoms with Gasteiger partial charge in [0.2, 0.25) is 11.9 Å². The molecule has 0 saturated heterocycles. The van der Waals surface area contributed by atoms with Crippen molar-refractivity contribution >= 4 is 11.9 Å². The summed E-state index contributed by atoms with van der Waals surface area (Å²) in [6.07, 6.45) is 2.96. The molecule has 0 bridgehead atoms. The van der Waals surface area contributed by atoms with Gasteiger partial charge < -0.3 is 15.4 Å². The first-order valence-electron chi connectivity index (χ1n) is 5.91. The molecular formula is C10H16N8O. The van der Waals surface area contributed by atoms with Gasteiger partial charge in [0, 0.05) is 20.2 Å². The van der Waals surface area contributed by atoms with E-state index in [0.717, 1.165) is 6.54 Å². The summed E-state index contributed by atoms with van der Waals surface area (Å²) < 4.78 is 6.44. The first kappa shape index (κ1) is 13.1. The van der Waals surface area contributed by atoms with Crippen molar-refractivity contribution in [1.29, 1.82) is 0 Å². The monoisotopic (exact) mass is 264 g/mol. The average molecular weight is 264 g/mol. The summed E-state index contributed by atoms with van der Waals surface area (Å²) in [5, 5.41) is 10.1. The summed E-state index contributed by atoms with van der Waals surface area (Å²) in [4.78, 5) is 16.6. The lowest BCUT2D eigenvalue weighted by Gasteiger charge is -2.08. The highest BCUT2D eigenvalue weighted by atomic mass is 16.5. The fraction of sp³-hybridized carbons (Fsp3) is 0.500. The molecular weight excluding hydrogens is 248 g/mol. The molecule has 9 nitrogen and oxygen atoms in total. The number of rotatable bonds is 7. The molecule has 0 saturated carbocycles. The van der Waals surface area contributed by atoms with Gasteiger partial charge in [-0.05, 0) is 6.92 Å². The Morgan fingerprint density at radius 1 is 1.21 bits per heavy atom. The molecule has 0 radical (unpaired) electrons. The first-order valence-corrected chi connectivity index (χ1v) is 5.91. The van der Waals surface area contributed by atoms with Crippen LogP contribution in [-0.2, 0) is 4.74 Å². The molecule has 0 aromatic carbocycles. The second kappa shape index (κ2) is 6.59. The SMILES string of the molecule is CCNc1nc(NCCOC)nc(-n2cncn2)n1. The minimum atomic E-state index is 0.406. The van der Waals surface area contributed by atoms with E-state index in [1.165, 1.54) is 17.3 Å². The summed E-state index contributed by atoms with van der Waals surface area (Å²) >= 11 is 0. The zero-order valence-electron chi connectivity index (χ0n) is 10.9. The van der Waals surface area contributed by atoms with Crippen molar-refractivity contribution in [1.82, 2.24) is 29.7 Å². The molecule has 0 aliphatic heterocycles. The van der Waals surface area contributed by atoms with Crippen LogP contribution in [0.3, 0.4) is 0 Å². The Labute approximate surface area is 110 Å². The van der Waals surface area contributed by atoms with Crippen LogP contribution in [0.5, 0.6) is 0 Å². The predicted molar refractivity (Wildman–Crippen MR) is 69.3 cm³/mol. The minimum absolute atomic E-state index is 0.406. The van der Waals surface area contributed by atoms with Crippen molar-refractivity contribution in [3.05, 3.63) is 12.7 Å². The zero-order chi connectivity index (χ0) is 13.5. The molecule has 9 heteroatoms. The maximum absolute atomic E-state index is 4.97. The molecule has 2 aromatic heterocycles. The number of hydrogen-bond acceptors (Lipinski definition) is 8. The Balaban J connectivity index is 2.22. The van der Waals surface area contributed by atoms with Crippen LogP contribution in [0.25, 0.3) is 5.95 Å². The van der Waals surface area contributed by atoms with Crippen molar-refractivity contribution in [3.8, 4) is 5.95 Å². The fourth-order valence-corrected chi connectivity index (χ4v) is 1.36. The Morgan fingerprint density at radius 2 is 2.00 bits per heavy atom. The Morgan fingerprint density at radius 3 is 2.63 bits per heavy atom. The quantitative estimate of drug-likeness (QED) is 0.671. The van der Waals surface area contributed by atoms with Crippen molar-refractivity contribution in [2.45, 2.75) is 6.92 Å². The molecule has 2 rings (SSSR count). The average Bonchev–Trinajstić information content (AvgIpc) is 2.93. The number of ether oxygens (including phenoxy) is 1. The third-order valence-electron chi connectivity index (χ3n) is 2.17. The van der Waals surface area contributed by atoms with E-state index in [0.29, 0.717) is 31.0 Å². The van der Waals surface area contributed by atoms with Gasteiger partial charge in [-0.2, -0.15) is 24.7 Å². The summed E-state index contributed by atoms with van der Waals surface area (Å²) in [6, 6.07) is 0. The highest BCUT2D eigenvalue weighted by molar-refractivity contribution is 5.37. The second-order valence-electron chi connectivity index (χ2n) is 3.57. The Hall–Kier alpha value is -2.29. The summed E-state index contributed by atoms with van der Waals surface area (Å²) in [7, 11) is 1.64. The van der Waals surface area contributed by atoms with Crippen LogP contribution >= 0.6 is 0 Å². The number of anilines is 2. The third kappa shape index (κ3) is 3.58. The highest BCUT2D eigenvalue weighted by Gasteiger charge is 2.07. The first-order chi connectivity index (χ1) is 9.33. The fourth-order valence-electron chi connectivity index (χ4n) is 1.36. The van der Waals surface area contributed by atoms with Gasteiger partial charge in [0.05, 0.1) is 6.61 Å². The minimum Gasteiger partial charge on any atom is -0.383 e. The highest BCUT2D eigenvalue weighted by Crippen LogP contribution is 2.07. The number of methoxy groups -OCH3 is 1. The van der Waals surface area contributed by atoms with Crippen molar-refractivity contribution in [3.63, 3.8) is 0 Å². The van der Waals surface area contributed by atoms with E-state index >= 15 is 0 Å². The largest absolute Gasteiger partial charge is 0.383 e. The summed E-state index contributed by atoms with van der Waals surface area (Å²) in [5.74, 6) is 1.36. The number of hydrogen-bond donors (Lipinski definition) is 2. The number of nitrogens with one attached hydrogen (secondary N) is 2. The van der Waals surface area contributed by atoms with Crippen molar-refractivity contribution in [2.75, 3.05) is 37.4 Å². The molecule has 2 N–H and O–H groups in total. The van der Waals surface area contributed by atoms with Crippen LogP contribution in [0, 0.1) is 0 Å². The smallest absolute Gasteiger partial charge is 0.258 e. The van der Waals surface area contributed by atoms with Gasteiger partial charge in [0.25, 0.3) is 5.95 Å². The summed E-state index contributed by atoms with van der Waals surface area (Å²) in [6.45, 7) is 3.87. The molecule has 0 spiro atoms. The molecule has 2 heterocycles. The van der Waals surface area contributed by atoms with Gasteiger partial charge in [-0.15, -0.1) is 0 Å². The van der Waals surface area contributed by atoms with Gasteiger partial charge in [-0.1, -0.05) is 0 Å². The topological polar surface area (TPSA) is 103 Å². The van der Waals surface area contributed by atoms with E-state index in [1.54, 1.807) is 7.11 Å². The third-order valence-corrected chi connectivity index (χ3v) is 2.17. The summed E-state index contributed by atoms with van der Waals surface area (Å²) in [5.41, 5.74) is 0. The van der Waals surface area contributed by atoms with E-state index in [9.17, 15) is 0 Å². The van der Waals surface area contributed by atoms with Crippen LogP contribution in [0.1, 0.15) is 6.92 Å². The van der Waals surface area contributed by atoms with Crippen LogP contribution in [0.2, 0.25) is 0 Å². The Bertz CT molecular complexity index is 500. The predicted octanol–water partition coefficient (Wildman–Crippen LogP) is -0.0576. The number of aromatic nitrogens is 6. The van der Waals surface area contributed by atoms with Gasteiger partial charge in [-0.25, -0.2) is 4.98 Å². The lowest BCUT2D eigenvalue weighted by atomic mass is 10.6. The van der Waals surface area contributed by atoms with Crippen LogP contribution < -0.4 is 10.6 Å². The molecule has 0 fully saturated rings. The molecule has 0 amide bonds. The molecule has 0 atom stereocenters. The van der Waals surface area contributed by atoms with Crippen molar-refractivity contribution < 1.29 is 4.74 Å². The molecule has 2 aromatic rings. The van der Waals surface area contributed by atoms with Crippen LogP contribution in [0.15, 0.2) is 12.7 Å². The molecule has 0 aliphatic carbocycles. The lowest BCUT2D eigenvalue weighted by molar-refractivity contribution is 0.210. The maximum atomic E-state index is 4.97. The van der Waals surface area contributed by atoms with E-state index in [-0.39, 0.29) is 0 Å². The van der Waals surface area contributed by atoms with Crippen LogP contribution in [0.4, 0.5) is 11.9 Å². The lowest BCUT2D eigenvalue weighted by Crippen LogP contribution is -2.15. The van der Waals surface area contributed by atoms with Gasteiger partial charge in [0.15, 0.2) is 0 Å². The normalized spacial score (nSPS) is 10.4. The van der Waals surface area contributed by atoms with Gasteiger partial charge >= 0.3 is 0 Å². The van der Waals surface area contributed by atoms with E-state index in [2.05, 4.69) is 35.7 Å². The van der Waals surface area contributed by atoms with Crippen molar-refractivity contribution in [2.24, 2.45) is 0 Å². The maximum Gasteiger partial charge on any atom is 0.258 e.